The van der Waals surface area contributed by atoms with Gasteiger partial charge in [0.2, 0.25) is 0 Å². The molecule has 1 aromatic rings. The van der Waals surface area contributed by atoms with E-state index in [1.165, 1.54) is 0 Å². The third kappa shape index (κ3) is 3.48. The Morgan fingerprint density at radius 1 is 1.21 bits per heavy atom. The van der Waals surface area contributed by atoms with Crippen molar-refractivity contribution in [1.29, 1.82) is 0 Å². The van der Waals surface area contributed by atoms with Crippen LogP contribution in [0.15, 0.2) is 18.2 Å². The van der Waals surface area contributed by atoms with Crippen molar-refractivity contribution in [2.75, 3.05) is 33.2 Å². The van der Waals surface area contributed by atoms with E-state index in [2.05, 4.69) is 16.8 Å². The van der Waals surface area contributed by atoms with Crippen molar-refractivity contribution in [2.45, 2.75) is 13.0 Å². The summed E-state index contributed by atoms with van der Waals surface area (Å²) in [7, 11) is 2.10. The molecule has 0 aliphatic carbocycles. The van der Waals surface area contributed by atoms with E-state index in [0.29, 0.717) is 15.6 Å². The van der Waals surface area contributed by atoms with E-state index in [0.717, 1.165) is 26.2 Å². The molecule has 1 saturated heterocycles. The van der Waals surface area contributed by atoms with Crippen LogP contribution in [0.5, 0.6) is 0 Å². The zero-order chi connectivity index (χ0) is 14.0. The van der Waals surface area contributed by atoms with Crippen LogP contribution in [0.2, 0.25) is 10.0 Å². The van der Waals surface area contributed by atoms with Gasteiger partial charge in [-0.1, -0.05) is 23.2 Å². The van der Waals surface area contributed by atoms with Gasteiger partial charge in [-0.2, -0.15) is 0 Å². The standard InChI is InChI=1S/C14H18Cl2N2O/c1-10(18-7-5-17(2)6-8-18)14(19)12-4-3-11(15)9-13(12)16/h3-4,9-10H,5-8H2,1-2H3. The fourth-order valence-electron chi connectivity index (χ4n) is 2.29. The molecule has 1 unspecified atom stereocenters. The topological polar surface area (TPSA) is 23.6 Å². The van der Waals surface area contributed by atoms with Crippen LogP contribution in [-0.2, 0) is 0 Å². The molecule has 1 atom stereocenters. The number of halogens is 2. The fourth-order valence-corrected chi connectivity index (χ4v) is 2.79. The molecule has 0 N–H and O–H groups in total. The summed E-state index contributed by atoms with van der Waals surface area (Å²) in [6, 6.07) is 4.89. The van der Waals surface area contributed by atoms with Crippen LogP contribution < -0.4 is 0 Å². The third-order valence-corrected chi connectivity index (χ3v) is 4.21. The lowest BCUT2D eigenvalue weighted by atomic mass is 10.0. The molecule has 0 saturated carbocycles. The number of hydrogen-bond donors (Lipinski definition) is 0. The highest BCUT2D eigenvalue weighted by molar-refractivity contribution is 6.37. The van der Waals surface area contributed by atoms with Crippen molar-refractivity contribution in [3.63, 3.8) is 0 Å². The average molecular weight is 301 g/mol. The molecule has 1 fully saturated rings. The number of rotatable bonds is 3. The molecular formula is C14H18Cl2N2O. The summed E-state index contributed by atoms with van der Waals surface area (Å²) in [6.07, 6.45) is 0. The van der Waals surface area contributed by atoms with Crippen molar-refractivity contribution in [3.8, 4) is 0 Å². The number of likely N-dealkylation sites (N-methyl/N-ethyl adjacent to an activating group) is 1. The lowest BCUT2D eigenvalue weighted by Gasteiger charge is -2.35. The molecule has 0 amide bonds. The van der Waals surface area contributed by atoms with Crippen LogP contribution in [0, 0.1) is 0 Å². The van der Waals surface area contributed by atoms with Gasteiger partial charge in [-0.05, 0) is 32.2 Å². The van der Waals surface area contributed by atoms with Crippen LogP contribution >= 0.6 is 23.2 Å². The zero-order valence-electron chi connectivity index (χ0n) is 11.2. The Morgan fingerprint density at radius 3 is 2.42 bits per heavy atom. The Labute approximate surface area is 124 Å². The SMILES string of the molecule is CC(C(=O)c1ccc(Cl)cc1Cl)N1CCN(C)CC1. The van der Waals surface area contributed by atoms with Crippen LogP contribution in [0.25, 0.3) is 0 Å². The Morgan fingerprint density at radius 2 is 1.84 bits per heavy atom. The molecule has 1 aromatic carbocycles. The first-order valence-corrected chi connectivity index (χ1v) is 7.16. The predicted octanol–water partition coefficient (Wildman–Crippen LogP) is 2.81. The van der Waals surface area contributed by atoms with E-state index in [9.17, 15) is 4.79 Å². The van der Waals surface area contributed by atoms with Crippen molar-refractivity contribution in [3.05, 3.63) is 33.8 Å². The average Bonchev–Trinajstić information content (AvgIpc) is 2.38. The summed E-state index contributed by atoms with van der Waals surface area (Å²) in [5.74, 6) is 0.0613. The molecule has 2 rings (SSSR count). The Bertz CT molecular complexity index is 471. The number of benzene rings is 1. The maximum absolute atomic E-state index is 12.5. The molecule has 1 aliphatic rings. The van der Waals surface area contributed by atoms with Gasteiger partial charge in [0.05, 0.1) is 11.1 Å². The molecule has 0 radical (unpaired) electrons. The highest BCUT2D eigenvalue weighted by atomic mass is 35.5. The van der Waals surface area contributed by atoms with E-state index in [1.54, 1.807) is 18.2 Å². The monoisotopic (exact) mass is 300 g/mol. The Balaban J connectivity index is 2.10. The molecule has 3 nitrogen and oxygen atoms in total. The predicted molar refractivity (Wildman–Crippen MR) is 79.3 cm³/mol. The first-order chi connectivity index (χ1) is 8.99. The normalized spacial score (nSPS) is 19.4. The van der Waals surface area contributed by atoms with E-state index < -0.39 is 0 Å². The summed E-state index contributed by atoms with van der Waals surface area (Å²) in [5, 5.41) is 0.979. The minimum Gasteiger partial charge on any atom is -0.304 e. The van der Waals surface area contributed by atoms with Crippen molar-refractivity contribution >= 4 is 29.0 Å². The maximum atomic E-state index is 12.5. The van der Waals surface area contributed by atoms with Crippen LogP contribution in [0.3, 0.4) is 0 Å². The zero-order valence-corrected chi connectivity index (χ0v) is 12.7. The van der Waals surface area contributed by atoms with Gasteiger partial charge in [-0.3, -0.25) is 9.69 Å². The smallest absolute Gasteiger partial charge is 0.181 e. The third-order valence-electron chi connectivity index (χ3n) is 3.66. The van der Waals surface area contributed by atoms with E-state index in [-0.39, 0.29) is 11.8 Å². The molecule has 19 heavy (non-hydrogen) atoms. The van der Waals surface area contributed by atoms with Crippen LogP contribution in [0.4, 0.5) is 0 Å². The van der Waals surface area contributed by atoms with Gasteiger partial charge in [-0.15, -0.1) is 0 Å². The Hall–Kier alpha value is -0.610. The summed E-state index contributed by atoms with van der Waals surface area (Å²) < 4.78 is 0. The molecule has 1 aliphatic heterocycles. The number of carbonyl (C=O) groups is 1. The van der Waals surface area contributed by atoms with Crippen LogP contribution in [0.1, 0.15) is 17.3 Å². The lowest BCUT2D eigenvalue weighted by Crippen LogP contribution is -2.50. The lowest BCUT2D eigenvalue weighted by molar-refractivity contribution is 0.0738. The molecule has 0 spiro atoms. The van der Waals surface area contributed by atoms with Crippen molar-refractivity contribution in [1.82, 2.24) is 9.80 Å². The fraction of sp³-hybridized carbons (Fsp3) is 0.500. The highest BCUT2D eigenvalue weighted by Gasteiger charge is 2.26. The van der Waals surface area contributed by atoms with Crippen molar-refractivity contribution < 1.29 is 4.79 Å². The molecule has 5 heteroatoms. The number of carbonyl (C=O) groups excluding carboxylic acids is 1. The molecule has 0 bridgehead atoms. The summed E-state index contributed by atoms with van der Waals surface area (Å²) >= 11 is 12.0. The molecule has 0 aromatic heterocycles. The number of Topliss-reactive ketones (excluding diaryl/α,β-unsaturated/α-hetero) is 1. The van der Waals surface area contributed by atoms with Gasteiger partial charge in [0.15, 0.2) is 5.78 Å². The maximum Gasteiger partial charge on any atom is 0.181 e. The van der Waals surface area contributed by atoms with Gasteiger partial charge in [0, 0.05) is 36.8 Å². The molecular weight excluding hydrogens is 283 g/mol. The van der Waals surface area contributed by atoms with Gasteiger partial charge < -0.3 is 4.90 Å². The Kier molecular flexibility index (Phi) is 4.85. The highest BCUT2D eigenvalue weighted by Crippen LogP contribution is 2.23. The first-order valence-electron chi connectivity index (χ1n) is 6.41. The van der Waals surface area contributed by atoms with E-state index in [4.69, 9.17) is 23.2 Å². The second-order valence-electron chi connectivity index (χ2n) is 5.00. The largest absolute Gasteiger partial charge is 0.304 e. The van der Waals surface area contributed by atoms with Gasteiger partial charge in [0.25, 0.3) is 0 Å². The molecule has 1 heterocycles. The summed E-state index contributed by atoms with van der Waals surface area (Å²) in [5.41, 5.74) is 0.553. The number of piperazine rings is 1. The number of hydrogen-bond acceptors (Lipinski definition) is 3. The van der Waals surface area contributed by atoms with Crippen LogP contribution in [-0.4, -0.2) is 54.9 Å². The molecule has 104 valence electrons. The van der Waals surface area contributed by atoms with Gasteiger partial charge in [-0.25, -0.2) is 0 Å². The number of ketones is 1. The van der Waals surface area contributed by atoms with E-state index >= 15 is 0 Å². The van der Waals surface area contributed by atoms with Crippen molar-refractivity contribution in [2.24, 2.45) is 0 Å². The minimum absolute atomic E-state index is 0.0613. The summed E-state index contributed by atoms with van der Waals surface area (Å²) in [4.78, 5) is 16.9. The summed E-state index contributed by atoms with van der Waals surface area (Å²) in [6.45, 7) is 5.75. The second kappa shape index (κ2) is 6.23. The quantitative estimate of drug-likeness (QED) is 0.802. The van der Waals surface area contributed by atoms with Gasteiger partial charge in [0.1, 0.15) is 0 Å². The first kappa shape index (κ1) is 14.8. The van der Waals surface area contributed by atoms with Gasteiger partial charge >= 0.3 is 0 Å². The minimum atomic E-state index is -0.146. The van der Waals surface area contributed by atoms with E-state index in [1.807, 2.05) is 6.92 Å². The second-order valence-corrected chi connectivity index (χ2v) is 5.85. The number of nitrogens with zero attached hydrogens (tertiary/aromatic N) is 2.